The lowest BCUT2D eigenvalue weighted by Gasteiger charge is -2.22. The van der Waals surface area contributed by atoms with Crippen molar-refractivity contribution in [1.29, 1.82) is 0 Å². The maximum atomic E-state index is 11.9. The molecule has 146 valence electrons. The molecule has 5 heteroatoms. The smallest absolute Gasteiger partial charge is 0.234 e. The van der Waals surface area contributed by atoms with Crippen LogP contribution in [-0.4, -0.2) is 30.5 Å². The Labute approximate surface area is 165 Å². The molecule has 2 heterocycles. The zero-order valence-corrected chi connectivity index (χ0v) is 16.6. The molecule has 1 saturated heterocycles. The molecule has 0 spiro atoms. The van der Waals surface area contributed by atoms with Gasteiger partial charge in [-0.25, -0.2) is 0 Å². The van der Waals surface area contributed by atoms with Gasteiger partial charge in [0.25, 0.3) is 0 Å². The van der Waals surface area contributed by atoms with Crippen molar-refractivity contribution in [1.82, 2.24) is 4.90 Å². The van der Waals surface area contributed by atoms with Crippen molar-refractivity contribution in [2.45, 2.75) is 32.9 Å². The van der Waals surface area contributed by atoms with Crippen molar-refractivity contribution in [3.63, 3.8) is 0 Å². The predicted molar refractivity (Wildman–Crippen MR) is 110 cm³/mol. The van der Waals surface area contributed by atoms with E-state index in [-0.39, 0.29) is 17.4 Å². The van der Waals surface area contributed by atoms with E-state index in [0.717, 1.165) is 46.6 Å². The van der Waals surface area contributed by atoms with Crippen molar-refractivity contribution in [2.24, 2.45) is 11.1 Å². The summed E-state index contributed by atoms with van der Waals surface area (Å²) in [7, 11) is 1.66. The number of likely N-dealkylation sites (tertiary alicyclic amines) is 1. The second-order valence-electron chi connectivity index (χ2n) is 8.41. The number of rotatable bonds is 5. The van der Waals surface area contributed by atoms with Gasteiger partial charge in [0.1, 0.15) is 17.1 Å². The average molecular weight is 378 g/mol. The van der Waals surface area contributed by atoms with Gasteiger partial charge >= 0.3 is 0 Å². The van der Waals surface area contributed by atoms with E-state index in [4.69, 9.17) is 14.9 Å². The molecule has 1 aliphatic rings. The Bertz CT molecular complexity index is 1020. The number of ether oxygens (including phenoxy) is 1. The van der Waals surface area contributed by atoms with Gasteiger partial charge in [-0.2, -0.15) is 0 Å². The molecule has 0 radical (unpaired) electrons. The summed E-state index contributed by atoms with van der Waals surface area (Å²) in [6, 6.07) is 15.9. The first-order valence-corrected chi connectivity index (χ1v) is 9.55. The van der Waals surface area contributed by atoms with Gasteiger partial charge in [-0.1, -0.05) is 32.0 Å². The Morgan fingerprint density at radius 2 is 2.07 bits per heavy atom. The SMILES string of the molecule is COc1cccc(-c2cc3cc(CN4CC(C)(C)CC4C(N)=O)ccc3o2)c1. The maximum absolute atomic E-state index is 11.9. The molecule has 1 aromatic heterocycles. The minimum Gasteiger partial charge on any atom is -0.497 e. The number of furan rings is 1. The van der Waals surface area contributed by atoms with Gasteiger partial charge in [-0.3, -0.25) is 9.69 Å². The maximum Gasteiger partial charge on any atom is 0.234 e. The topological polar surface area (TPSA) is 68.7 Å². The van der Waals surface area contributed by atoms with Crippen LogP contribution in [0.2, 0.25) is 0 Å². The molecule has 5 nitrogen and oxygen atoms in total. The van der Waals surface area contributed by atoms with Gasteiger partial charge in [-0.15, -0.1) is 0 Å². The number of hydrogen-bond acceptors (Lipinski definition) is 4. The fourth-order valence-corrected chi connectivity index (χ4v) is 4.17. The standard InChI is InChI=1S/C23H26N2O3/c1-23(2)12-19(22(24)26)25(14-23)13-15-7-8-20-17(9-15)11-21(28-20)16-5-4-6-18(10-16)27-3/h4-11,19H,12-14H2,1-3H3,(H2,24,26). The molecule has 0 aliphatic carbocycles. The van der Waals surface area contributed by atoms with Crippen molar-refractivity contribution in [3.05, 3.63) is 54.1 Å². The Morgan fingerprint density at radius 3 is 2.82 bits per heavy atom. The number of fused-ring (bicyclic) bond motifs is 1. The molecular weight excluding hydrogens is 352 g/mol. The number of carbonyl (C=O) groups is 1. The Morgan fingerprint density at radius 1 is 1.25 bits per heavy atom. The van der Waals surface area contributed by atoms with Crippen LogP contribution in [0, 0.1) is 5.41 Å². The summed E-state index contributed by atoms with van der Waals surface area (Å²) in [6.45, 7) is 5.93. The Hall–Kier alpha value is -2.79. The minimum atomic E-state index is -0.240. The van der Waals surface area contributed by atoms with Gasteiger partial charge in [0, 0.05) is 24.0 Å². The molecule has 28 heavy (non-hydrogen) atoms. The molecule has 4 rings (SSSR count). The zero-order chi connectivity index (χ0) is 19.9. The summed E-state index contributed by atoms with van der Waals surface area (Å²) < 4.78 is 11.3. The summed E-state index contributed by atoms with van der Waals surface area (Å²) in [5, 5.41) is 1.05. The van der Waals surface area contributed by atoms with Crippen LogP contribution < -0.4 is 10.5 Å². The number of nitrogens with two attached hydrogens (primary N) is 1. The molecule has 1 unspecified atom stereocenters. The molecule has 1 aliphatic heterocycles. The number of carbonyl (C=O) groups excluding carboxylic acids is 1. The second-order valence-corrected chi connectivity index (χ2v) is 8.41. The van der Waals surface area contributed by atoms with Gasteiger partial charge in [-0.05, 0) is 47.7 Å². The molecule has 0 saturated carbocycles. The first kappa shape index (κ1) is 18.6. The zero-order valence-electron chi connectivity index (χ0n) is 16.6. The van der Waals surface area contributed by atoms with Crippen molar-refractivity contribution in [3.8, 4) is 17.1 Å². The van der Waals surface area contributed by atoms with Crippen LogP contribution >= 0.6 is 0 Å². The second kappa shape index (κ2) is 6.99. The summed E-state index contributed by atoms with van der Waals surface area (Å²) in [5.41, 5.74) is 8.70. The molecule has 0 bridgehead atoms. The van der Waals surface area contributed by atoms with Gasteiger partial charge in [0.15, 0.2) is 0 Å². The third kappa shape index (κ3) is 3.62. The van der Waals surface area contributed by atoms with E-state index in [0.29, 0.717) is 6.54 Å². The van der Waals surface area contributed by atoms with Crippen molar-refractivity contribution < 1.29 is 13.9 Å². The van der Waals surface area contributed by atoms with E-state index < -0.39 is 0 Å². The van der Waals surface area contributed by atoms with Crippen molar-refractivity contribution >= 4 is 16.9 Å². The van der Waals surface area contributed by atoms with Crippen molar-refractivity contribution in [2.75, 3.05) is 13.7 Å². The largest absolute Gasteiger partial charge is 0.497 e. The predicted octanol–water partition coefficient (Wildman–Crippen LogP) is 4.19. The monoisotopic (exact) mass is 378 g/mol. The van der Waals surface area contributed by atoms with E-state index in [1.165, 1.54) is 0 Å². The van der Waals surface area contributed by atoms with Crippen LogP contribution in [0.1, 0.15) is 25.8 Å². The molecule has 2 N–H and O–H groups in total. The summed E-state index contributed by atoms with van der Waals surface area (Å²) in [5.74, 6) is 1.37. The highest BCUT2D eigenvalue weighted by Gasteiger charge is 2.40. The number of methoxy groups -OCH3 is 1. The molecule has 1 amide bonds. The number of nitrogens with zero attached hydrogens (tertiary/aromatic N) is 1. The molecule has 1 fully saturated rings. The first-order valence-electron chi connectivity index (χ1n) is 9.55. The van der Waals surface area contributed by atoms with E-state index >= 15 is 0 Å². The molecular formula is C23H26N2O3. The summed E-state index contributed by atoms with van der Waals surface area (Å²) in [6.07, 6.45) is 0.802. The number of hydrogen-bond donors (Lipinski definition) is 1. The van der Waals surface area contributed by atoms with E-state index in [2.05, 4.69) is 30.9 Å². The summed E-state index contributed by atoms with van der Waals surface area (Å²) >= 11 is 0. The molecule has 2 aromatic carbocycles. The Kier molecular flexibility index (Phi) is 4.63. The third-order valence-electron chi connectivity index (χ3n) is 5.47. The number of benzene rings is 2. The number of amides is 1. The van der Waals surface area contributed by atoms with Crippen LogP contribution in [0.3, 0.4) is 0 Å². The molecule has 1 atom stereocenters. The Balaban J connectivity index is 1.60. The molecule has 3 aromatic rings. The highest BCUT2D eigenvalue weighted by Crippen LogP contribution is 2.35. The van der Waals surface area contributed by atoms with Crippen LogP contribution in [0.25, 0.3) is 22.3 Å². The fraction of sp³-hybridized carbons (Fsp3) is 0.348. The van der Waals surface area contributed by atoms with Crippen LogP contribution in [0.15, 0.2) is 52.9 Å². The van der Waals surface area contributed by atoms with E-state index in [1.54, 1.807) is 7.11 Å². The first-order chi connectivity index (χ1) is 13.3. The van der Waals surface area contributed by atoms with Gasteiger partial charge in [0.2, 0.25) is 5.91 Å². The lowest BCUT2D eigenvalue weighted by Crippen LogP contribution is -2.39. The summed E-state index contributed by atoms with van der Waals surface area (Å²) in [4.78, 5) is 14.1. The van der Waals surface area contributed by atoms with Gasteiger partial charge < -0.3 is 14.9 Å². The van der Waals surface area contributed by atoms with E-state index in [1.807, 2.05) is 36.4 Å². The normalized spacial score (nSPS) is 19.2. The lowest BCUT2D eigenvalue weighted by molar-refractivity contribution is -0.122. The average Bonchev–Trinajstić information content (AvgIpc) is 3.21. The number of primary amides is 1. The highest BCUT2D eigenvalue weighted by molar-refractivity contribution is 5.84. The quantitative estimate of drug-likeness (QED) is 0.723. The van der Waals surface area contributed by atoms with Crippen LogP contribution in [0.4, 0.5) is 0 Å². The third-order valence-corrected chi connectivity index (χ3v) is 5.47. The van der Waals surface area contributed by atoms with Crippen LogP contribution in [-0.2, 0) is 11.3 Å². The van der Waals surface area contributed by atoms with Crippen LogP contribution in [0.5, 0.6) is 5.75 Å². The lowest BCUT2D eigenvalue weighted by atomic mass is 9.90. The highest BCUT2D eigenvalue weighted by atomic mass is 16.5. The van der Waals surface area contributed by atoms with Gasteiger partial charge in [0.05, 0.1) is 13.2 Å². The van der Waals surface area contributed by atoms with E-state index in [9.17, 15) is 4.79 Å². The minimum absolute atomic E-state index is 0.0962. The fourth-order valence-electron chi connectivity index (χ4n) is 4.17.